The molecular formula is C15H31N5. The standard InChI is InChI=1S/C15H31N5/c1-12(2)10-17-15(16)18-11-14(13(3)4)20-8-6-19(5)7-9-20/h13-14H,1,6-11H2,2-5H3,(H3,16,17,18). The van der Waals surface area contributed by atoms with Crippen LogP contribution in [0.4, 0.5) is 0 Å². The molecule has 0 aliphatic carbocycles. The smallest absolute Gasteiger partial charge is 0.188 e. The molecule has 1 fully saturated rings. The first-order valence-corrected chi connectivity index (χ1v) is 7.51. The normalized spacial score (nSPS) is 20.1. The summed E-state index contributed by atoms with van der Waals surface area (Å²) < 4.78 is 0. The van der Waals surface area contributed by atoms with Crippen LogP contribution in [0.3, 0.4) is 0 Å². The molecule has 3 N–H and O–H groups in total. The third kappa shape index (κ3) is 5.92. The van der Waals surface area contributed by atoms with Gasteiger partial charge in [-0.3, -0.25) is 9.89 Å². The Balaban J connectivity index is 2.50. The summed E-state index contributed by atoms with van der Waals surface area (Å²) in [5, 5.41) is 3.09. The van der Waals surface area contributed by atoms with E-state index in [0.29, 0.717) is 24.5 Å². The molecule has 5 heteroatoms. The van der Waals surface area contributed by atoms with E-state index < -0.39 is 0 Å². The fourth-order valence-electron chi connectivity index (χ4n) is 2.39. The molecule has 5 nitrogen and oxygen atoms in total. The van der Waals surface area contributed by atoms with Crippen molar-refractivity contribution in [3.63, 3.8) is 0 Å². The number of rotatable bonds is 6. The van der Waals surface area contributed by atoms with E-state index in [1.54, 1.807) is 0 Å². The van der Waals surface area contributed by atoms with Gasteiger partial charge >= 0.3 is 0 Å². The van der Waals surface area contributed by atoms with Gasteiger partial charge in [0.15, 0.2) is 5.96 Å². The number of guanidine groups is 1. The molecule has 0 aromatic carbocycles. The average Bonchev–Trinajstić information content (AvgIpc) is 2.38. The van der Waals surface area contributed by atoms with E-state index >= 15 is 0 Å². The lowest BCUT2D eigenvalue weighted by molar-refractivity contribution is 0.0925. The molecule has 116 valence electrons. The van der Waals surface area contributed by atoms with Gasteiger partial charge < -0.3 is 16.0 Å². The molecule has 1 aliphatic heterocycles. The number of likely N-dealkylation sites (N-methyl/N-ethyl adjacent to an activating group) is 1. The van der Waals surface area contributed by atoms with Crippen molar-refractivity contribution in [2.24, 2.45) is 16.6 Å². The van der Waals surface area contributed by atoms with Crippen LogP contribution in [0.5, 0.6) is 0 Å². The first kappa shape index (κ1) is 17.0. The highest BCUT2D eigenvalue weighted by Crippen LogP contribution is 2.13. The maximum absolute atomic E-state index is 5.89. The lowest BCUT2D eigenvalue weighted by atomic mass is 10.0. The highest BCUT2D eigenvalue weighted by Gasteiger charge is 2.24. The topological polar surface area (TPSA) is 56.9 Å². The molecule has 20 heavy (non-hydrogen) atoms. The highest BCUT2D eigenvalue weighted by molar-refractivity contribution is 5.78. The first-order chi connectivity index (χ1) is 9.40. The van der Waals surface area contributed by atoms with Crippen molar-refractivity contribution in [3.05, 3.63) is 12.2 Å². The van der Waals surface area contributed by atoms with Crippen LogP contribution < -0.4 is 11.1 Å². The minimum absolute atomic E-state index is 0.467. The summed E-state index contributed by atoms with van der Waals surface area (Å²) in [6.45, 7) is 16.3. The number of piperazine rings is 1. The van der Waals surface area contributed by atoms with Crippen molar-refractivity contribution in [2.75, 3.05) is 46.3 Å². The fraction of sp³-hybridized carbons (Fsp3) is 0.800. The van der Waals surface area contributed by atoms with Crippen molar-refractivity contribution < 1.29 is 0 Å². The van der Waals surface area contributed by atoms with Crippen LogP contribution >= 0.6 is 0 Å². The number of nitrogens with two attached hydrogens (primary N) is 1. The first-order valence-electron chi connectivity index (χ1n) is 7.51. The third-order valence-corrected chi connectivity index (χ3v) is 3.80. The maximum Gasteiger partial charge on any atom is 0.188 e. The van der Waals surface area contributed by atoms with Gasteiger partial charge in [-0.15, -0.1) is 0 Å². The quantitative estimate of drug-likeness (QED) is 0.428. The van der Waals surface area contributed by atoms with Crippen LogP contribution in [0.2, 0.25) is 0 Å². The van der Waals surface area contributed by atoms with Gasteiger partial charge in [0.2, 0.25) is 0 Å². The summed E-state index contributed by atoms with van der Waals surface area (Å²) in [4.78, 5) is 9.42. The molecule has 1 aliphatic rings. The number of hydrogen-bond acceptors (Lipinski definition) is 3. The van der Waals surface area contributed by atoms with Gasteiger partial charge in [-0.05, 0) is 19.9 Å². The van der Waals surface area contributed by atoms with Gasteiger partial charge in [-0.1, -0.05) is 26.0 Å². The Kier molecular flexibility index (Phi) is 7.02. The van der Waals surface area contributed by atoms with Crippen LogP contribution in [0.15, 0.2) is 17.1 Å². The molecule has 1 unspecified atom stereocenters. The Morgan fingerprint density at radius 1 is 1.30 bits per heavy atom. The number of aliphatic imine (C=N–C) groups is 1. The molecule has 0 radical (unpaired) electrons. The predicted octanol–water partition coefficient (Wildman–Crippen LogP) is 0.739. The minimum Gasteiger partial charge on any atom is -0.370 e. The largest absolute Gasteiger partial charge is 0.370 e. The van der Waals surface area contributed by atoms with Crippen LogP contribution in [-0.4, -0.2) is 68.1 Å². The van der Waals surface area contributed by atoms with Crippen LogP contribution in [-0.2, 0) is 0 Å². The Bertz CT molecular complexity index is 329. The second kappa shape index (κ2) is 8.27. The molecule has 0 amide bonds. The van der Waals surface area contributed by atoms with E-state index in [4.69, 9.17) is 5.73 Å². The fourth-order valence-corrected chi connectivity index (χ4v) is 2.39. The Hall–Kier alpha value is -1.07. The molecule has 1 saturated heterocycles. The van der Waals surface area contributed by atoms with Crippen LogP contribution in [0, 0.1) is 5.92 Å². The van der Waals surface area contributed by atoms with Gasteiger partial charge in [-0.2, -0.15) is 0 Å². The van der Waals surface area contributed by atoms with E-state index in [2.05, 4.69) is 47.6 Å². The number of nitrogens with zero attached hydrogens (tertiary/aromatic N) is 3. The lowest BCUT2D eigenvalue weighted by Crippen LogP contribution is -2.52. The molecule has 0 aromatic rings. The van der Waals surface area contributed by atoms with E-state index in [1.165, 1.54) is 0 Å². The molecular weight excluding hydrogens is 250 g/mol. The van der Waals surface area contributed by atoms with Gasteiger partial charge in [0, 0.05) is 38.8 Å². The summed E-state index contributed by atoms with van der Waals surface area (Å²) in [6, 6.07) is 0.467. The van der Waals surface area contributed by atoms with Crippen molar-refractivity contribution in [1.29, 1.82) is 0 Å². The van der Waals surface area contributed by atoms with Gasteiger partial charge in [0.1, 0.15) is 0 Å². The Morgan fingerprint density at radius 3 is 2.40 bits per heavy atom. The zero-order valence-corrected chi connectivity index (χ0v) is 13.5. The Morgan fingerprint density at radius 2 is 1.90 bits per heavy atom. The van der Waals surface area contributed by atoms with Crippen molar-refractivity contribution in [2.45, 2.75) is 26.8 Å². The average molecular weight is 281 g/mol. The minimum atomic E-state index is 0.467. The zero-order valence-electron chi connectivity index (χ0n) is 13.5. The third-order valence-electron chi connectivity index (χ3n) is 3.80. The molecule has 0 spiro atoms. The molecule has 1 rings (SSSR count). The maximum atomic E-state index is 5.89. The summed E-state index contributed by atoms with van der Waals surface area (Å²) in [7, 11) is 2.18. The Labute approximate surface area is 123 Å². The monoisotopic (exact) mass is 281 g/mol. The van der Waals surface area contributed by atoms with Gasteiger partial charge in [0.05, 0.1) is 6.54 Å². The van der Waals surface area contributed by atoms with E-state index in [0.717, 1.165) is 38.3 Å². The van der Waals surface area contributed by atoms with Crippen molar-refractivity contribution in [1.82, 2.24) is 15.1 Å². The zero-order chi connectivity index (χ0) is 15.1. The van der Waals surface area contributed by atoms with Crippen LogP contribution in [0.25, 0.3) is 0 Å². The highest BCUT2D eigenvalue weighted by atomic mass is 15.3. The summed E-state index contributed by atoms with van der Waals surface area (Å²) in [6.07, 6.45) is 0. The lowest BCUT2D eigenvalue weighted by Gasteiger charge is -2.39. The molecule has 0 aromatic heterocycles. The molecule has 0 saturated carbocycles. The van der Waals surface area contributed by atoms with Gasteiger partial charge in [0.25, 0.3) is 0 Å². The summed E-state index contributed by atoms with van der Waals surface area (Å²) >= 11 is 0. The van der Waals surface area contributed by atoms with E-state index in [1.807, 2.05) is 6.92 Å². The van der Waals surface area contributed by atoms with Gasteiger partial charge in [-0.25, -0.2) is 0 Å². The number of hydrogen-bond donors (Lipinski definition) is 2. The van der Waals surface area contributed by atoms with E-state index in [-0.39, 0.29) is 0 Å². The second-order valence-corrected chi connectivity index (χ2v) is 6.19. The van der Waals surface area contributed by atoms with Crippen molar-refractivity contribution in [3.8, 4) is 0 Å². The molecule has 1 atom stereocenters. The molecule has 0 bridgehead atoms. The van der Waals surface area contributed by atoms with Crippen LogP contribution in [0.1, 0.15) is 20.8 Å². The van der Waals surface area contributed by atoms with Crippen molar-refractivity contribution >= 4 is 5.96 Å². The number of nitrogens with one attached hydrogen (secondary N) is 1. The summed E-state index contributed by atoms with van der Waals surface area (Å²) in [5.74, 6) is 1.10. The SMILES string of the molecule is C=C(C)CNC(N)=NCC(C(C)C)N1CCN(C)CC1. The summed E-state index contributed by atoms with van der Waals surface area (Å²) in [5.41, 5.74) is 6.95. The van der Waals surface area contributed by atoms with E-state index in [9.17, 15) is 0 Å². The second-order valence-electron chi connectivity index (χ2n) is 6.19. The predicted molar refractivity (Wildman–Crippen MR) is 87.0 cm³/mol. The molecule has 1 heterocycles.